The van der Waals surface area contributed by atoms with Gasteiger partial charge in [-0.25, -0.2) is 0 Å². The van der Waals surface area contributed by atoms with Crippen LogP contribution in [-0.2, 0) is 20.6 Å². The van der Waals surface area contributed by atoms with Crippen molar-refractivity contribution in [3.8, 4) is 0 Å². The van der Waals surface area contributed by atoms with Gasteiger partial charge in [0.1, 0.15) is 5.69 Å². The molecule has 3 heterocycles. The zero-order chi connectivity index (χ0) is 15.7. The van der Waals surface area contributed by atoms with E-state index in [0.717, 1.165) is 11.2 Å². The molecule has 0 saturated carbocycles. The van der Waals surface area contributed by atoms with E-state index in [1.54, 1.807) is 37.1 Å². The summed E-state index contributed by atoms with van der Waals surface area (Å²) in [5.74, 6) is -0.230. The Labute approximate surface area is 127 Å². The van der Waals surface area contributed by atoms with Crippen LogP contribution in [-0.4, -0.2) is 20.0 Å². The Balaban J connectivity index is 1.90. The van der Waals surface area contributed by atoms with Crippen molar-refractivity contribution in [1.29, 1.82) is 0 Å². The third-order valence-electron chi connectivity index (χ3n) is 3.68. The van der Waals surface area contributed by atoms with Crippen molar-refractivity contribution in [2.45, 2.75) is 6.54 Å². The SMILES string of the molecule is Cn1ccc2c(cc(C(=O)NCc3ccccn3)n2C)c1=O. The van der Waals surface area contributed by atoms with Gasteiger partial charge in [-0.3, -0.25) is 14.6 Å². The number of carbonyl (C=O) groups excluding carboxylic acids is 1. The van der Waals surface area contributed by atoms with Crippen LogP contribution >= 0.6 is 0 Å². The van der Waals surface area contributed by atoms with Gasteiger partial charge in [0, 0.05) is 26.5 Å². The maximum atomic E-state index is 12.3. The minimum atomic E-state index is -0.230. The molecule has 0 unspecified atom stereocenters. The molecule has 6 heteroatoms. The molecule has 3 aromatic heterocycles. The van der Waals surface area contributed by atoms with Gasteiger partial charge in [0.15, 0.2) is 0 Å². The molecule has 0 spiro atoms. The Hall–Kier alpha value is -2.89. The second kappa shape index (κ2) is 5.48. The number of fused-ring (bicyclic) bond motifs is 1. The number of rotatable bonds is 3. The Morgan fingerprint density at radius 2 is 2.09 bits per heavy atom. The van der Waals surface area contributed by atoms with Gasteiger partial charge < -0.3 is 14.5 Å². The summed E-state index contributed by atoms with van der Waals surface area (Å²) in [6, 6.07) is 9.00. The maximum absolute atomic E-state index is 12.3. The van der Waals surface area contributed by atoms with Gasteiger partial charge in [0.25, 0.3) is 11.5 Å². The molecule has 0 atom stereocenters. The van der Waals surface area contributed by atoms with Crippen molar-refractivity contribution in [2.24, 2.45) is 14.1 Å². The highest BCUT2D eigenvalue weighted by Gasteiger charge is 2.15. The first-order valence-electron chi connectivity index (χ1n) is 6.91. The number of nitrogens with zero attached hydrogens (tertiary/aromatic N) is 3. The zero-order valence-electron chi connectivity index (χ0n) is 12.4. The molecular weight excluding hydrogens is 280 g/mol. The van der Waals surface area contributed by atoms with E-state index >= 15 is 0 Å². The van der Waals surface area contributed by atoms with E-state index in [1.165, 1.54) is 4.57 Å². The fourth-order valence-electron chi connectivity index (χ4n) is 2.41. The van der Waals surface area contributed by atoms with Gasteiger partial charge >= 0.3 is 0 Å². The summed E-state index contributed by atoms with van der Waals surface area (Å²) < 4.78 is 3.22. The molecule has 0 aliphatic carbocycles. The third kappa shape index (κ3) is 2.39. The molecule has 6 nitrogen and oxygen atoms in total. The van der Waals surface area contributed by atoms with Gasteiger partial charge in [0.05, 0.1) is 23.1 Å². The summed E-state index contributed by atoms with van der Waals surface area (Å²) >= 11 is 0. The fourth-order valence-corrected chi connectivity index (χ4v) is 2.41. The van der Waals surface area contributed by atoms with Gasteiger partial charge in [-0.05, 0) is 24.3 Å². The first kappa shape index (κ1) is 14.1. The van der Waals surface area contributed by atoms with Crippen LogP contribution in [0.25, 0.3) is 10.9 Å². The predicted octanol–water partition coefficient (Wildman–Crippen LogP) is 1.20. The summed E-state index contributed by atoms with van der Waals surface area (Å²) in [6.45, 7) is 0.346. The average molecular weight is 296 g/mol. The zero-order valence-corrected chi connectivity index (χ0v) is 12.4. The van der Waals surface area contributed by atoms with Crippen molar-refractivity contribution in [3.63, 3.8) is 0 Å². The lowest BCUT2D eigenvalue weighted by Gasteiger charge is -2.06. The van der Waals surface area contributed by atoms with Gasteiger partial charge in [-0.15, -0.1) is 0 Å². The minimum absolute atomic E-state index is 0.114. The van der Waals surface area contributed by atoms with Crippen LogP contribution in [0.5, 0.6) is 0 Å². The lowest BCUT2D eigenvalue weighted by Crippen LogP contribution is -2.25. The van der Waals surface area contributed by atoms with Crippen molar-refractivity contribution >= 4 is 16.8 Å². The number of aryl methyl sites for hydroxylation is 2. The number of carbonyl (C=O) groups is 1. The standard InChI is InChI=1S/C16H16N4O2/c1-19-8-6-13-12(16(19)22)9-14(20(13)2)15(21)18-10-11-5-3-4-7-17-11/h3-9H,10H2,1-2H3,(H,18,21). The molecule has 0 saturated heterocycles. The molecule has 1 N–H and O–H groups in total. The molecule has 0 aliphatic heterocycles. The second-order valence-corrected chi connectivity index (χ2v) is 5.12. The number of amides is 1. The molecule has 22 heavy (non-hydrogen) atoms. The van der Waals surface area contributed by atoms with E-state index in [1.807, 2.05) is 24.3 Å². The van der Waals surface area contributed by atoms with Crippen LogP contribution in [0, 0.1) is 0 Å². The summed E-state index contributed by atoms with van der Waals surface area (Å²) in [4.78, 5) is 28.6. The van der Waals surface area contributed by atoms with E-state index in [9.17, 15) is 9.59 Å². The molecule has 0 radical (unpaired) electrons. The van der Waals surface area contributed by atoms with Gasteiger partial charge in [0.2, 0.25) is 0 Å². The largest absolute Gasteiger partial charge is 0.345 e. The smallest absolute Gasteiger partial charge is 0.268 e. The van der Waals surface area contributed by atoms with Crippen molar-refractivity contribution in [1.82, 2.24) is 19.4 Å². The number of pyridine rings is 2. The Morgan fingerprint density at radius 1 is 1.27 bits per heavy atom. The summed E-state index contributed by atoms with van der Waals surface area (Å²) in [5.41, 5.74) is 1.86. The number of hydrogen-bond donors (Lipinski definition) is 1. The van der Waals surface area contributed by atoms with Crippen molar-refractivity contribution in [2.75, 3.05) is 0 Å². The van der Waals surface area contributed by atoms with E-state index in [4.69, 9.17) is 0 Å². The first-order chi connectivity index (χ1) is 10.6. The molecular formula is C16H16N4O2. The second-order valence-electron chi connectivity index (χ2n) is 5.12. The molecule has 0 fully saturated rings. The predicted molar refractivity (Wildman–Crippen MR) is 83.6 cm³/mol. The lowest BCUT2D eigenvalue weighted by atomic mass is 10.3. The van der Waals surface area contributed by atoms with Crippen LogP contribution in [0.15, 0.2) is 47.5 Å². The van der Waals surface area contributed by atoms with Crippen LogP contribution in [0.2, 0.25) is 0 Å². The highest BCUT2D eigenvalue weighted by Crippen LogP contribution is 2.15. The Bertz CT molecular complexity index is 894. The molecule has 0 bridgehead atoms. The monoisotopic (exact) mass is 296 g/mol. The minimum Gasteiger partial charge on any atom is -0.345 e. The first-order valence-corrected chi connectivity index (χ1v) is 6.91. The Morgan fingerprint density at radius 3 is 2.82 bits per heavy atom. The molecule has 0 aromatic carbocycles. The van der Waals surface area contributed by atoms with E-state index in [-0.39, 0.29) is 11.5 Å². The molecule has 3 aromatic rings. The topological polar surface area (TPSA) is 68.9 Å². The molecule has 0 aliphatic rings. The van der Waals surface area contributed by atoms with E-state index in [0.29, 0.717) is 17.6 Å². The van der Waals surface area contributed by atoms with Gasteiger partial charge in [-0.1, -0.05) is 6.07 Å². The van der Waals surface area contributed by atoms with Gasteiger partial charge in [-0.2, -0.15) is 0 Å². The summed E-state index contributed by atoms with van der Waals surface area (Å²) in [5, 5.41) is 3.36. The highest BCUT2D eigenvalue weighted by atomic mass is 16.2. The van der Waals surface area contributed by atoms with E-state index in [2.05, 4.69) is 10.3 Å². The van der Waals surface area contributed by atoms with Crippen LogP contribution in [0.3, 0.4) is 0 Å². The maximum Gasteiger partial charge on any atom is 0.268 e. The van der Waals surface area contributed by atoms with Crippen molar-refractivity contribution < 1.29 is 4.79 Å². The quantitative estimate of drug-likeness (QED) is 0.789. The summed E-state index contributed by atoms with van der Waals surface area (Å²) in [6.07, 6.45) is 3.38. The van der Waals surface area contributed by atoms with Crippen LogP contribution < -0.4 is 10.9 Å². The van der Waals surface area contributed by atoms with Crippen molar-refractivity contribution in [3.05, 3.63) is 64.5 Å². The highest BCUT2D eigenvalue weighted by molar-refractivity contribution is 5.98. The summed E-state index contributed by atoms with van der Waals surface area (Å²) in [7, 11) is 3.47. The average Bonchev–Trinajstić information content (AvgIpc) is 2.87. The van der Waals surface area contributed by atoms with E-state index < -0.39 is 0 Å². The number of aromatic nitrogens is 3. The van der Waals surface area contributed by atoms with Crippen LogP contribution in [0.4, 0.5) is 0 Å². The third-order valence-corrected chi connectivity index (χ3v) is 3.68. The number of hydrogen-bond acceptors (Lipinski definition) is 3. The molecule has 3 rings (SSSR count). The molecule has 1 amide bonds. The Kier molecular flexibility index (Phi) is 3.50. The molecule has 112 valence electrons. The lowest BCUT2D eigenvalue weighted by molar-refractivity contribution is 0.0942. The number of nitrogens with one attached hydrogen (secondary N) is 1. The normalized spacial score (nSPS) is 10.8. The fraction of sp³-hybridized carbons (Fsp3) is 0.188. The van der Waals surface area contributed by atoms with Crippen LogP contribution in [0.1, 0.15) is 16.2 Å².